The molecule has 5 heteroatoms. The number of nitrogens with one attached hydrogen (secondary N) is 1. The molecular weight excluding hydrogens is 253 g/mol. The molecule has 104 valence electrons. The fourth-order valence-corrected chi connectivity index (χ4v) is 2.42. The van der Waals surface area contributed by atoms with Crippen LogP contribution in [0, 0.1) is 17.5 Å². The first-order chi connectivity index (χ1) is 9.13. The van der Waals surface area contributed by atoms with E-state index in [-0.39, 0.29) is 5.56 Å². The molecule has 2 rings (SSSR count). The molecule has 3 N–H and O–H groups in total. The summed E-state index contributed by atoms with van der Waals surface area (Å²) < 4.78 is 39.9. The van der Waals surface area contributed by atoms with Crippen LogP contribution in [0.15, 0.2) is 23.8 Å². The molecule has 1 unspecified atom stereocenters. The van der Waals surface area contributed by atoms with Gasteiger partial charge in [0.25, 0.3) is 0 Å². The van der Waals surface area contributed by atoms with Crippen LogP contribution in [-0.2, 0) is 0 Å². The maximum Gasteiger partial charge on any atom is 0.194 e. The van der Waals surface area contributed by atoms with E-state index in [1.54, 1.807) is 0 Å². The van der Waals surface area contributed by atoms with E-state index in [2.05, 4.69) is 11.5 Å². The minimum Gasteiger partial charge on any atom is -0.271 e. The molecule has 19 heavy (non-hydrogen) atoms. The third-order valence-electron chi connectivity index (χ3n) is 3.49. The first-order valence-corrected chi connectivity index (χ1v) is 6.41. The number of allylic oxidation sites excluding steroid dienone is 1. The first kappa shape index (κ1) is 14.1. The van der Waals surface area contributed by atoms with Crippen molar-refractivity contribution >= 4 is 0 Å². The van der Waals surface area contributed by atoms with E-state index in [1.807, 2.05) is 0 Å². The van der Waals surface area contributed by atoms with Gasteiger partial charge in [0.15, 0.2) is 17.5 Å². The summed E-state index contributed by atoms with van der Waals surface area (Å²) in [6.07, 6.45) is 6.84. The molecule has 0 fully saturated rings. The number of nitrogens with two attached hydrogens (primary N) is 1. The first-order valence-electron chi connectivity index (χ1n) is 6.41. The van der Waals surface area contributed by atoms with Gasteiger partial charge in [-0.15, -0.1) is 0 Å². The van der Waals surface area contributed by atoms with Crippen LogP contribution in [0.4, 0.5) is 13.2 Å². The summed E-state index contributed by atoms with van der Waals surface area (Å²) in [5, 5.41) is 0. The van der Waals surface area contributed by atoms with Crippen molar-refractivity contribution in [2.24, 2.45) is 5.84 Å². The normalized spacial score (nSPS) is 17.2. The lowest BCUT2D eigenvalue weighted by Gasteiger charge is -2.21. The molecule has 1 atom stereocenters. The van der Waals surface area contributed by atoms with E-state index < -0.39 is 23.5 Å². The summed E-state index contributed by atoms with van der Waals surface area (Å²) in [6, 6.07) is 1.62. The Bertz CT molecular complexity index is 486. The van der Waals surface area contributed by atoms with Crippen LogP contribution < -0.4 is 11.3 Å². The molecule has 2 nitrogen and oxygen atoms in total. The van der Waals surface area contributed by atoms with Crippen molar-refractivity contribution in [3.8, 4) is 0 Å². The smallest absolute Gasteiger partial charge is 0.194 e. The van der Waals surface area contributed by atoms with Crippen molar-refractivity contribution < 1.29 is 13.2 Å². The Morgan fingerprint density at radius 3 is 2.58 bits per heavy atom. The minimum atomic E-state index is -1.45. The highest BCUT2D eigenvalue weighted by Crippen LogP contribution is 2.29. The zero-order valence-corrected chi connectivity index (χ0v) is 10.6. The van der Waals surface area contributed by atoms with Gasteiger partial charge in [-0.3, -0.25) is 11.3 Å². The molecule has 0 aliphatic heterocycles. The second kappa shape index (κ2) is 6.21. The third-order valence-corrected chi connectivity index (χ3v) is 3.49. The molecule has 0 bridgehead atoms. The predicted octanol–water partition coefficient (Wildman–Crippen LogP) is 3.50. The van der Waals surface area contributed by atoms with E-state index in [0.717, 1.165) is 31.7 Å². The zero-order chi connectivity index (χ0) is 13.8. The number of hydrogen-bond acceptors (Lipinski definition) is 2. The van der Waals surface area contributed by atoms with Gasteiger partial charge < -0.3 is 0 Å². The standard InChI is InChI=1S/C14H17F3N2/c15-11-7-6-10(13(16)14(11)17)12(19-18)8-9-4-2-1-3-5-9/h4,6-7,12,19H,1-3,5,8,18H2. The van der Waals surface area contributed by atoms with Gasteiger partial charge in [-0.1, -0.05) is 17.7 Å². The molecule has 1 aromatic carbocycles. The summed E-state index contributed by atoms with van der Waals surface area (Å²) in [5.74, 6) is 1.62. The average Bonchev–Trinajstić information content (AvgIpc) is 2.44. The minimum absolute atomic E-state index is 0.0628. The Kier molecular flexibility index (Phi) is 4.61. The van der Waals surface area contributed by atoms with Gasteiger partial charge in [0, 0.05) is 5.56 Å². The maximum atomic E-state index is 13.7. The predicted molar refractivity (Wildman–Crippen MR) is 67.5 cm³/mol. The van der Waals surface area contributed by atoms with E-state index >= 15 is 0 Å². The average molecular weight is 270 g/mol. The summed E-state index contributed by atoms with van der Waals surface area (Å²) in [5.41, 5.74) is 3.73. The summed E-state index contributed by atoms with van der Waals surface area (Å²) in [4.78, 5) is 0. The highest BCUT2D eigenvalue weighted by molar-refractivity contribution is 5.25. The van der Waals surface area contributed by atoms with E-state index in [4.69, 9.17) is 5.84 Å². The summed E-state index contributed by atoms with van der Waals surface area (Å²) in [6.45, 7) is 0. The van der Waals surface area contributed by atoms with Crippen LogP contribution >= 0.6 is 0 Å². The SMILES string of the molecule is NNC(CC1=CCCCC1)c1ccc(F)c(F)c1F. The van der Waals surface area contributed by atoms with Crippen LogP contribution in [0.3, 0.4) is 0 Å². The molecule has 1 aliphatic rings. The molecule has 1 aliphatic carbocycles. The Hall–Kier alpha value is -1.33. The topological polar surface area (TPSA) is 38.0 Å². The molecule has 0 aromatic heterocycles. The quantitative estimate of drug-likeness (QED) is 0.380. The largest absolute Gasteiger partial charge is 0.271 e. The zero-order valence-electron chi connectivity index (χ0n) is 10.6. The summed E-state index contributed by atoms with van der Waals surface area (Å²) in [7, 11) is 0. The number of hydrazine groups is 1. The highest BCUT2D eigenvalue weighted by atomic mass is 19.2. The Morgan fingerprint density at radius 1 is 1.16 bits per heavy atom. The fraction of sp³-hybridized carbons (Fsp3) is 0.429. The van der Waals surface area contributed by atoms with Gasteiger partial charge >= 0.3 is 0 Å². The monoisotopic (exact) mass is 270 g/mol. The number of rotatable bonds is 4. The van der Waals surface area contributed by atoms with E-state index in [1.165, 1.54) is 11.6 Å². The van der Waals surface area contributed by atoms with Crippen molar-refractivity contribution in [3.63, 3.8) is 0 Å². The van der Waals surface area contributed by atoms with Gasteiger partial charge in [-0.2, -0.15) is 0 Å². The number of halogens is 3. The Balaban J connectivity index is 2.22. The lowest BCUT2D eigenvalue weighted by atomic mass is 9.91. The molecular formula is C14H17F3N2. The van der Waals surface area contributed by atoms with Crippen LogP contribution in [0.2, 0.25) is 0 Å². The molecule has 0 saturated carbocycles. The van der Waals surface area contributed by atoms with Crippen LogP contribution in [0.25, 0.3) is 0 Å². The van der Waals surface area contributed by atoms with E-state index in [9.17, 15) is 13.2 Å². The molecule has 1 aromatic rings. The third kappa shape index (κ3) is 3.16. The van der Waals surface area contributed by atoms with Crippen LogP contribution in [-0.4, -0.2) is 0 Å². The maximum absolute atomic E-state index is 13.7. The highest BCUT2D eigenvalue weighted by Gasteiger charge is 2.21. The second-order valence-corrected chi connectivity index (χ2v) is 4.80. The molecule has 0 spiro atoms. The second-order valence-electron chi connectivity index (χ2n) is 4.80. The molecule has 0 heterocycles. The van der Waals surface area contributed by atoms with Crippen molar-refractivity contribution in [2.75, 3.05) is 0 Å². The van der Waals surface area contributed by atoms with Crippen LogP contribution in [0.5, 0.6) is 0 Å². The van der Waals surface area contributed by atoms with Gasteiger partial charge in [0.1, 0.15) is 0 Å². The Morgan fingerprint density at radius 2 is 1.95 bits per heavy atom. The van der Waals surface area contributed by atoms with Crippen molar-refractivity contribution in [2.45, 2.75) is 38.1 Å². The fourth-order valence-electron chi connectivity index (χ4n) is 2.42. The molecule has 0 saturated heterocycles. The summed E-state index contributed by atoms with van der Waals surface area (Å²) >= 11 is 0. The van der Waals surface area contributed by atoms with Gasteiger partial charge in [0.2, 0.25) is 0 Å². The van der Waals surface area contributed by atoms with Crippen LogP contribution in [0.1, 0.15) is 43.7 Å². The van der Waals surface area contributed by atoms with Crippen molar-refractivity contribution in [1.82, 2.24) is 5.43 Å². The van der Waals surface area contributed by atoms with Gasteiger partial charge in [-0.05, 0) is 38.2 Å². The molecule has 0 radical (unpaired) electrons. The number of hydrogen-bond donors (Lipinski definition) is 2. The van der Waals surface area contributed by atoms with E-state index in [0.29, 0.717) is 6.42 Å². The molecule has 0 amide bonds. The Labute approximate surface area is 110 Å². The van der Waals surface area contributed by atoms with Gasteiger partial charge in [-0.25, -0.2) is 13.2 Å². The lowest BCUT2D eigenvalue weighted by Crippen LogP contribution is -2.29. The van der Waals surface area contributed by atoms with Crippen molar-refractivity contribution in [3.05, 3.63) is 46.8 Å². The van der Waals surface area contributed by atoms with Gasteiger partial charge in [0.05, 0.1) is 6.04 Å². The number of benzene rings is 1. The lowest BCUT2D eigenvalue weighted by molar-refractivity contribution is 0.423. The van der Waals surface area contributed by atoms with Crippen molar-refractivity contribution in [1.29, 1.82) is 0 Å².